The zero-order valence-corrected chi connectivity index (χ0v) is 11.2. The Labute approximate surface area is 110 Å². The monoisotopic (exact) mass is 267 g/mol. The summed E-state index contributed by atoms with van der Waals surface area (Å²) < 4.78 is 5.41. The SMILES string of the molecule is CC1COCCN1Cc1sccc1C=CC(=O)O. The fourth-order valence-corrected chi connectivity index (χ4v) is 2.86. The molecule has 1 saturated heterocycles. The minimum absolute atomic E-state index is 0.414. The molecule has 1 unspecified atom stereocenters. The van der Waals surface area contributed by atoms with Crippen molar-refractivity contribution < 1.29 is 14.6 Å². The molecule has 2 rings (SSSR count). The molecule has 98 valence electrons. The predicted molar refractivity (Wildman–Crippen MR) is 71.7 cm³/mol. The smallest absolute Gasteiger partial charge is 0.328 e. The predicted octanol–water partition coefficient (Wildman–Crippen LogP) is 2.07. The third kappa shape index (κ3) is 3.41. The van der Waals surface area contributed by atoms with Gasteiger partial charge < -0.3 is 9.84 Å². The van der Waals surface area contributed by atoms with Gasteiger partial charge in [0.1, 0.15) is 0 Å². The Morgan fingerprint density at radius 1 is 1.72 bits per heavy atom. The maximum Gasteiger partial charge on any atom is 0.328 e. The second-order valence-corrected chi connectivity index (χ2v) is 5.37. The maximum absolute atomic E-state index is 10.5. The van der Waals surface area contributed by atoms with Gasteiger partial charge in [0.2, 0.25) is 0 Å². The molecule has 4 nitrogen and oxygen atoms in total. The molecule has 0 amide bonds. The highest BCUT2D eigenvalue weighted by molar-refractivity contribution is 7.10. The highest BCUT2D eigenvalue weighted by atomic mass is 32.1. The van der Waals surface area contributed by atoms with E-state index < -0.39 is 5.97 Å². The number of morpholine rings is 1. The van der Waals surface area contributed by atoms with E-state index in [1.165, 1.54) is 11.0 Å². The van der Waals surface area contributed by atoms with Crippen LogP contribution < -0.4 is 0 Å². The number of aliphatic carboxylic acids is 1. The van der Waals surface area contributed by atoms with Crippen LogP contribution in [0.3, 0.4) is 0 Å². The summed E-state index contributed by atoms with van der Waals surface area (Å²) in [6.07, 6.45) is 2.85. The third-order valence-electron chi connectivity index (χ3n) is 3.04. The highest BCUT2D eigenvalue weighted by Gasteiger charge is 2.19. The van der Waals surface area contributed by atoms with Gasteiger partial charge in [-0.15, -0.1) is 11.3 Å². The number of carboxylic acid groups (broad SMARTS) is 1. The molecular formula is C13H17NO3S. The summed E-state index contributed by atoms with van der Waals surface area (Å²) in [5, 5.41) is 10.7. The number of nitrogens with zero attached hydrogens (tertiary/aromatic N) is 1. The minimum atomic E-state index is -0.910. The lowest BCUT2D eigenvalue weighted by Gasteiger charge is -2.33. The quantitative estimate of drug-likeness (QED) is 0.848. The standard InChI is InChI=1S/C13H17NO3S/c1-10-9-17-6-5-14(10)8-12-11(4-7-18-12)2-3-13(15)16/h2-4,7,10H,5-6,8-9H2,1H3,(H,15,16). The average molecular weight is 267 g/mol. The van der Waals surface area contributed by atoms with E-state index in [0.29, 0.717) is 6.04 Å². The van der Waals surface area contributed by atoms with Gasteiger partial charge in [-0.1, -0.05) is 0 Å². The van der Waals surface area contributed by atoms with Gasteiger partial charge in [-0.05, 0) is 30.0 Å². The van der Waals surface area contributed by atoms with Crippen molar-refractivity contribution in [2.45, 2.75) is 19.5 Å². The van der Waals surface area contributed by atoms with Gasteiger partial charge in [-0.2, -0.15) is 0 Å². The summed E-state index contributed by atoms with van der Waals surface area (Å²) in [6, 6.07) is 2.38. The molecule has 2 heterocycles. The van der Waals surface area contributed by atoms with Crippen LogP contribution in [0.5, 0.6) is 0 Å². The molecule has 0 aromatic carbocycles. The Kier molecular flexibility index (Phi) is 4.52. The summed E-state index contributed by atoms with van der Waals surface area (Å²) in [6.45, 7) is 5.49. The van der Waals surface area contributed by atoms with Gasteiger partial charge in [0, 0.05) is 30.1 Å². The van der Waals surface area contributed by atoms with Crippen molar-refractivity contribution in [3.05, 3.63) is 28.0 Å². The molecule has 1 aromatic rings. The lowest BCUT2D eigenvalue weighted by atomic mass is 10.2. The molecule has 0 radical (unpaired) electrons. The maximum atomic E-state index is 10.5. The Morgan fingerprint density at radius 2 is 2.56 bits per heavy atom. The molecule has 1 aliphatic rings. The van der Waals surface area contributed by atoms with Gasteiger partial charge in [-0.25, -0.2) is 4.79 Å². The fraction of sp³-hybridized carbons (Fsp3) is 0.462. The Bertz CT molecular complexity index is 441. The molecule has 1 atom stereocenters. The van der Waals surface area contributed by atoms with Crippen molar-refractivity contribution in [3.8, 4) is 0 Å². The van der Waals surface area contributed by atoms with Gasteiger partial charge in [0.25, 0.3) is 0 Å². The number of carbonyl (C=O) groups is 1. The Hall–Kier alpha value is -1.17. The molecular weight excluding hydrogens is 250 g/mol. The minimum Gasteiger partial charge on any atom is -0.478 e. The van der Waals surface area contributed by atoms with E-state index in [-0.39, 0.29) is 0 Å². The zero-order valence-electron chi connectivity index (χ0n) is 10.3. The summed E-state index contributed by atoms with van der Waals surface area (Å²) in [7, 11) is 0. The van der Waals surface area contributed by atoms with Gasteiger partial charge in [0.05, 0.1) is 13.2 Å². The first-order valence-electron chi connectivity index (χ1n) is 5.96. The summed E-state index contributed by atoms with van der Waals surface area (Å²) in [4.78, 5) is 14.1. The molecule has 18 heavy (non-hydrogen) atoms. The van der Waals surface area contributed by atoms with Crippen molar-refractivity contribution in [3.63, 3.8) is 0 Å². The van der Waals surface area contributed by atoms with Crippen LogP contribution in [0.15, 0.2) is 17.5 Å². The molecule has 0 saturated carbocycles. The van der Waals surface area contributed by atoms with E-state index in [1.54, 1.807) is 17.4 Å². The average Bonchev–Trinajstić information content (AvgIpc) is 2.77. The number of carboxylic acids is 1. The molecule has 1 fully saturated rings. The highest BCUT2D eigenvalue weighted by Crippen LogP contribution is 2.22. The van der Waals surface area contributed by atoms with Gasteiger partial charge in [-0.3, -0.25) is 4.90 Å². The normalized spacial score (nSPS) is 21.5. The van der Waals surface area contributed by atoms with Crippen LogP contribution in [0.25, 0.3) is 6.08 Å². The summed E-state index contributed by atoms with van der Waals surface area (Å²) in [5.74, 6) is -0.910. The lowest BCUT2D eigenvalue weighted by molar-refractivity contribution is -0.131. The first-order valence-corrected chi connectivity index (χ1v) is 6.84. The second-order valence-electron chi connectivity index (χ2n) is 4.37. The molecule has 5 heteroatoms. The topological polar surface area (TPSA) is 49.8 Å². The molecule has 1 aromatic heterocycles. The third-order valence-corrected chi connectivity index (χ3v) is 3.96. The van der Waals surface area contributed by atoms with Crippen LogP contribution >= 0.6 is 11.3 Å². The molecule has 1 aliphatic heterocycles. The van der Waals surface area contributed by atoms with E-state index in [1.807, 2.05) is 11.4 Å². The molecule has 0 spiro atoms. The van der Waals surface area contributed by atoms with Crippen molar-refractivity contribution in [2.75, 3.05) is 19.8 Å². The first kappa shape index (κ1) is 13.3. The van der Waals surface area contributed by atoms with E-state index in [4.69, 9.17) is 9.84 Å². The van der Waals surface area contributed by atoms with Crippen LogP contribution in [0, 0.1) is 0 Å². The van der Waals surface area contributed by atoms with Crippen molar-refractivity contribution in [2.24, 2.45) is 0 Å². The van der Waals surface area contributed by atoms with Crippen molar-refractivity contribution in [1.29, 1.82) is 0 Å². The van der Waals surface area contributed by atoms with Crippen molar-refractivity contribution >= 4 is 23.4 Å². The lowest BCUT2D eigenvalue weighted by Crippen LogP contribution is -2.42. The number of rotatable bonds is 4. The molecule has 0 aliphatic carbocycles. The van der Waals surface area contributed by atoms with Gasteiger partial charge >= 0.3 is 5.97 Å². The number of ether oxygens (including phenoxy) is 1. The van der Waals surface area contributed by atoms with E-state index >= 15 is 0 Å². The van der Waals surface area contributed by atoms with Crippen LogP contribution in [0.2, 0.25) is 0 Å². The van der Waals surface area contributed by atoms with E-state index in [0.717, 1.165) is 31.9 Å². The van der Waals surface area contributed by atoms with Crippen LogP contribution in [0.4, 0.5) is 0 Å². The second kappa shape index (κ2) is 6.13. The Balaban J connectivity index is 2.05. The number of thiophene rings is 1. The number of hydrogen-bond donors (Lipinski definition) is 1. The fourth-order valence-electron chi connectivity index (χ4n) is 1.97. The summed E-state index contributed by atoms with van der Waals surface area (Å²) >= 11 is 1.67. The molecule has 1 N–H and O–H groups in total. The summed E-state index contributed by atoms with van der Waals surface area (Å²) in [5.41, 5.74) is 1.00. The van der Waals surface area contributed by atoms with E-state index in [9.17, 15) is 4.79 Å². The largest absolute Gasteiger partial charge is 0.478 e. The van der Waals surface area contributed by atoms with E-state index in [2.05, 4.69) is 11.8 Å². The van der Waals surface area contributed by atoms with Crippen molar-refractivity contribution in [1.82, 2.24) is 4.90 Å². The van der Waals surface area contributed by atoms with Crippen LogP contribution in [0.1, 0.15) is 17.4 Å². The molecule has 0 bridgehead atoms. The first-order chi connectivity index (χ1) is 8.66. The number of hydrogen-bond acceptors (Lipinski definition) is 4. The van der Waals surface area contributed by atoms with Crippen LogP contribution in [-0.2, 0) is 16.1 Å². The van der Waals surface area contributed by atoms with Gasteiger partial charge in [0.15, 0.2) is 0 Å². The zero-order chi connectivity index (χ0) is 13.0. The van der Waals surface area contributed by atoms with Crippen LogP contribution in [-0.4, -0.2) is 41.8 Å². The Morgan fingerprint density at radius 3 is 3.28 bits per heavy atom.